The van der Waals surface area contributed by atoms with Crippen molar-refractivity contribution in [1.82, 2.24) is 15.1 Å². The number of aromatic amines is 1. The maximum atomic E-state index is 12.7. The van der Waals surface area contributed by atoms with Crippen LogP contribution in [0.15, 0.2) is 48.7 Å². The van der Waals surface area contributed by atoms with Gasteiger partial charge in [0, 0.05) is 30.1 Å². The van der Waals surface area contributed by atoms with Gasteiger partial charge in [-0.3, -0.25) is 14.7 Å². The number of para-hydroxylation sites is 2. The molecule has 0 atom stereocenters. The summed E-state index contributed by atoms with van der Waals surface area (Å²) in [6.07, 6.45) is 3.86. The smallest absolute Gasteiger partial charge is 0.260 e. The van der Waals surface area contributed by atoms with Crippen LogP contribution in [0.5, 0.6) is 11.5 Å². The molecule has 30 heavy (non-hydrogen) atoms. The standard InChI is InChI=1S/C22H24N4O4/c1-29-19-4-2-3-5-20(19)30-14-22(28)26(17-8-9-17)11-10-21(27)24-16-7-6-15-13-23-25-18(15)12-16/h2-7,12-13,17H,8-11,14H2,1H3,(H,23,25)(H,24,27). The molecule has 0 unspecified atom stereocenters. The molecule has 0 radical (unpaired) electrons. The molecule has 2 aromatic carbocycles. The number of H-pyrrole nitrogens is 1. The highest BCUT2D eigenvalue weighted by Crippen LogP contribution is 2.29. The Morgan fingerprint density at radius 1 is 1.20 bits per heavy atom. The molecule has 0 spiro atoms. The Balaban J connectivity index is 1.30. The number of anilines is 1. The minimum absolute atomic E-state index is 0.0883. The number of nitrogens with zero attached hydrogens (tertiary/aromatic N) is 2. The Morgan fingerprint density at radius 2 is 2.00 bits per heavy atom. The summed E-state index contributed by atoms with van der Waals surface area (Å²) in [6, 6.07) is 13.0. The Morgan fingerprint density at radius 3 is 2.77 bits per heavy atom. The number of methoxy groups -OCH3 is 1. The third-order valence-corrected chi connectivity index (χ3v) is 5.03. The molecule has 1 heterocycles. The fraction of sp³-hybridized carbons (Fsp3) is 0.318. The van der Waals surface area contributed by atoms with Crippen molar-refractivity contribution >= 4 is 28.4 Å². The van der Waals surface area contributed by atoms with Gasteiger partial charge in [0.1, 0.15) is 0 Å². The maximum Gasteiger partial charge on any atom is 0.260 e. The van der Waals surface area contributed by atoms with Crippen molar-refractivity contribution in [3.63, 3.8) is 0 Å². The fourth-order valence-corrected chi connectivity index (χ4v) is 3.32. The summed E-state index contributed by atoms with van der Waals surface area (Å²) in [5, 5.41) is 10.7. The molecule has 0 saturated heterocycles. The molecule has 1 aromatic heterocycles. The molecule has 3 aromatic rings. The molecule has 2 N–H and O–H groups in total. The molecule has 156 valence electrons. The van der Waals surface area contributed by atoms with Crippen molar-refractivity contribution in [3.05, 3.63) is 48.7 Å². The van der Waals surface area contributed by atoms with Crippen LogP contribution in [0, 0.1) is 0 Å². The lowest BCUT2D eigenvalue weighted by atomic mass is 10.2. The lowest BCUT2D eigenvalue weighted by Gasteiger charge is -2.22. The predicted molar refractivity (Wildman–Crippen MR) is 113 cm³/mol. The van der Waals surface area contributed by atoms with Gasteiger partial charge in [0.15, 0.2) is 18.1 Å². The van der Waals surface area contributed by atoms with Crippen LogP contribution in [0.1, 0.15) is 19.3 Å². The van der Waals surface area contributed by atoms with Crippen molar-refractivity contribution in [3.8, 4) is 11.5 Å². The maximum absolute atomic E-state index is 12.7. The minimum Gasteiger partial charge on any atom is -0.493 e. The predicted octanol–water partition coefficient (Wildman–Crippen LogP) is 2.97. The second-order valence-electron chi connectivity index (χ2n) is 7.23. The summed E-state index contributed by atoms with van der Waals surface area (Å²) >= 11 is 0. The first-order valence-electron chi connectivity index (χ1n) is 9.92. The monoisotopic (exact) mass is 408 g/mol. The van der Waals surface area contributed by atoms with Crippen molar-refractivity contribution in [2.75, 3.05) is 25.6 Å². The molecular formula is C22H24N4O4. The number of hydrogen-bond acceptors (Lipinski definition) is 5. The average molecular weight is 408 g/mol. The summed E-state index contributed by atoms with van der Waals surface area (Å²) in [7, 11) is 1.56. The van der Waals surface area contributed by atoms with Crippen LogP contribution >= 0.6 is 0 Å². The topological polar surface area (TPSA) is 96.6 Å². The van der Waals surface area contributed by atoms with E-state index in [1.54, 1.807) is 30.3 Å². The van der Waals surface area contributed by atoms with Crippen molar-refractivity contribution in [1.29, 1.82) is 0 Å². The average Bonchev–Trinajstić information content (AvgIpc) is 3.48. The quantitative estimate of drug-likeness (QED) is 0.567. The molecule has 0 aliphatic heterocycles. The van der Waals surface area contributed by atoms with Crippen LogP contribution in [0.4, 0.5) is 5.69 Å². The Labute approximate surface area is 174 Å². The lowest BCUT2D eigenvalue weighted by molar-refractivity contribution is -0.134. The Hall–Kier alpha value is -3.55. The fourth-order valence-electron chi connectivity index (χ4n) is 3.32. The molecule has 1 fully saturated rings. The zero-order valence-corrected chi connectivity index (χ0v) is 16.8. The van der Waals surface area contributed by atoms with Gasteiger partial charge >= 0.3 is 0 Å². The van der Waals surface area contributed by atoms with Crippen LogP contribution in [-0.4, -0.2) is 53.2 Å². The second kappa shape index (κ2) is 8.86. The molecule has 1 aliphatic carbocycles. The van der Waals surface area contributed by atoms with Gasteiger partial charge in [-0.25, -0.2) is 0 Å². The van der Waals surface area contributed by atoms with Crippen molar-refractivity contribution in [2.24, 2.45) is 0 Å². The molecular weight excluding hydrogens is 384 g/mol. The molecule has 1 saturated carbocycles. The van der Waals surface area contributed by atoms with Crippen LogP contribution in [0.2, 0.25) is 0 Å². The van der Waals surface area contributed by atoms with Gasteiger partial charge < -0.3 is 19.7 Å². The zero-order valence-electron chi connectivity index (χ0n) is 16.8. The third-order valence-electron chi connectivity index (χ3n) is 5.03. The number of amides is 2. The molecule has 2 amide bonds. The highest BCUT2D eigenvalue weighted by atomic mass is 16.5. The molecule has 8 nitrogen and oxygen atoms in total. The van der Waals surface area contributed by atoms with E-state index in [9.17, 15) is 9.59 Å². The molecule has 1 aliphatic rings. The van der Waals surface area contributed by atoms with Gasteiger partial charge in [-0.1, -0.05) is 12.1 Å². The van der Waals surface area contributed by atoms with Crippen molar-refractivity contribution in [2.45, 2.75) is 25.3 Å². The molecule has 4 rings (SSSR count). The van der Waals surface area contributed by atoms with E-state index < -0.39 is 0 Å². The largest absolute Gasteiger partial charge is 0.493 e. The normalized spacial score (nSPS) is 13.1. The van der Waals surface area contributed by atoms with E-state index in [4.69, 9.17) is 9.47 Å². The molecule has 0 bridgehead atoms. The van der Waals surface area contributed by atoms with Gasteiger partial charge in [0.05, 0.1) is 18.8 Å². The van der Waals surface area contributed by atoms with Gasteiger partial charge in [-0.05, 0) is 43.2 Å². The van der Waals surface area contributed by atoms with Gasteiger partial charge in [-0.15, -0.1) is 0 Å². The highest BCUT2D eigenvalue weighted by Gasteiger charge is 2.32. The van der Waals surface area contributed by atoms with Crippen LogP contribution in [0.3, 0.4) is 0 Å². The number of carbonyl (C=O) groups excluding carboxylic acids is 2. The number of rotatable bonds is 9. The number of carbonyl (C=O) groups is 2. The Kier molecular flexibility index (Phi) is 5.83. The van der Waals surface area contributed by atoms with E-state index in [0.29, 0.717) is 23.7 Å². The first-order chi connectivity index (χ1) is 14.6. The number of fused-ring (bicyclic) bond motifs is 1. The van der Waals surface area contributed by atoms with E-state index in [1.807, 2.05) is 30.3 Å². The summed E-state index contributed by atoms with van der Waals surface area (Å²) in [5.74, 6) is 0.834. The lowest BCUT2D eigenvalue weighted by Crippen LogP contribution is -2.38. The summed E-state index contributed by atoms with van der Waals surface area (Å²) in [6.45, 7) is 0.270. The highest BCUT2D eigenvalue weighted by molar-refractivity contribution is 5.93. The summed E-state index contributed by atoms with van der Waals surface area (Å²) < 4.78 is 10.9. The summed E-state index contributed by atoms with van der Waals surface area (Å²) in [5.41, 5.74) is 1.55. The number of benzene rings is 2. The first-order valence-corrected chi connectivity index (χ1v) is 9.92. The van der Waals surface area contributed by atoms with Crippen LogP contribution in [-0.2, 0) is 9.59 Å². The number of hydrogen-bond donors (Lipinski definition) is 2. The third kappa shape index (κ3) is 4.71. The zero-order chi connectivity index (χ0) is 20.9. The van der Waals surface area contributed by atoms with Crippen LogP contribution < -0.4 is 14.8 Å². The van der Waals surface area contributed by atoms with E-state index in [0.717, 1.165) is 23.7 Å². The van der Waals surface area contributed by atoms with E-state index in [1.165, 1.54) is 0 Å². The van der Waals surface area contributed by atoms with Gasteiger partial charge in [0.2, 0.25) is 5.91 Å². The van der Waals surface area contributed by atoms with Crippen LogP contribution in [0.25, 0.3) is 10.9 Å². The van der Waals surface area contributed by atoms with Gasteiger partial charge in [0.25, 0.3) is 5.91 Å². The second-order valence-corrected chi connectivity index (χ2v) is 7.23. The number of nitrogens with one attached hydrogen (secondary N) is 2. The van der Waals surface area contributed by atoms with Gasteiger partial charge in [-0.2, -0.15) is 5.10 Å². The van der Waals surface area contributed by atoms with E-state index >= 15 is 0 Å². The number of aromatic nitrogens is 2. The van der Waals surface area contributed by atoms with E-state index in [2.05, 4.69) is 15.5 Å². The number of ether oxygens (including phenoxy) is 2. The van der Waals surface area contributed by atoms with Crippen molar-refractivity contribution < 1.29 is 19.1 Å². The first kappa shape index (κ1) is 19.8. The summed E-state index contributed by atoms with van der Waals surface area (Å²) in [4.78, 5) is 26.8. The molecule has 8 heteroatoms. The SMILES string of the molecule is COc1ccccc1OCC(=O)N(CCC(=O)Nc1ccc2cn[nH]c2c1)C1CC1. The Bertz CT molecular complexity index is 1040. The minimum atomic E-state index is -0.141. The van der Waals surface area contributed by atoms with E-state index in [-0.39, 0.29) is 30.9 Å².